The van der Waals surface area contributed by atoms with Gasteiger partial charge in [0.1, 0.15) is 5.82 Å². The molecule has 0 bridgehead atoms. The maximum absolute atomic E-state index is 12.5. The van der Waals surface area contributed by atoms with Crippen LogP contribution in [0, 0.1) is 6.92 Å². The SMILES string of the molecule is Cc1nnc(S[C@@H]2CCN(c3ccccc3Cl)C2=O)n1N. The van der Waals surface area contributed by atoms with Gasteiger partial charge >= 0.3 is 0 Å². The molecule has 0 unspecified atom stereocenters. The molecule has 2 heterocycles. The molecule has 0 saturated carbocycles. The number of nitrogen functional groups attached to an aromatic ring is 1. The molecule has 110 valence electrons. The smallest absolute Gasteiger partial charge is 0.240 e. The molecule has 1 aromatic heterocycles. The first-order valence-electron chi connectivity index (χ1n) is 6.47. The Morgan fingerprint density at radius 1 is 1.38 bits per heavy atom. The fourth-order valence-corrected chi connectivity index (χ4v) is 3.51. The van der Waals surface area contributed by atoms with Gasteiger partial charge in [-0.2, -0.15) is 0 Å². The molecule has 0 aliphatic carbocycles. The lowest BCUT2D eigenvalue weighted by Crippen LogP contribution is -2.28. The summed E-state index contributed by atoms with van der Waals surface area (Å²) < 4.78 is 1.40. The van der Waals surface area contributed by atoms with Gasteiger partial charge in [0, 0.05) is 6.54 Å². The number of aromatic nitrogens is 3. The number of rotatable bonds is 3. The molecule has 1 fully saturated rings. The molecule has 2 aromatic rings. The summed E-state index contributed by atoms with van der Waals surface area (Å²) in [5.41, 5.74) is 0.748. The molecule has 2 N–H and O–H groups in total. The van der Waals surface area contributed by atoms with Gasteiger partial charge in [-0.25, -0.2) is 4.68 Å². The van der Waals surface area contributed by atoms with Crippen LogP contribution in [-0.2, 0) is 4.79 Å². The summed E-state index contributed by atoms with van der Waals surface area (Å²) in [5.74, 6) is 6.46. The predicted octanol–water partition coefficient (Wildman–Crippen LogP) is 1.85. The molecule has 1 aromatic carbocycles. The van der Waals surface area contributed by atoms with E-state index in [2.05, 4.69) is 10.2 Å². The number of aryl methyl sites for hydroxylation is 1. The van der Waals surface area contributed by atoms with Crippen LogP contribution >= 0.6 is 23.4 Å². The predicted molar refractivity (Wildman–Crippen MR) is 83.0 cm³/mol. The second-order valence-corrected chi connectivity index (χ2v) is 6.31. The van der Waals surface area contributed by atoms with Gasteiger partial charge in [0.15, 0.2) is 0 Å². The molecule has 8 heteroatoms. The second-order valence-electron chi connectivity index (χ2n) is 4.74. The number of anilines is 1. The van der Waals surface area contributed by atoms with Crippen molar-refractivity contribution in [3.63, 3.8) is 0 Å². The largest absolute Gasteiger partial charge is 0.336 e. The van der Waals surface area contributed by atoms with Gasteiger partial charge in [0.25, 0.3) is 0 Å². The minimum atomic E-state index is -0.216. The molecule has 1 atom stereocenters. The van der Waals surface area contributed by atoms with Crippen LogP contribution in [-0.4, -0.2) is 32.6 Å². The van der Waals surface area contributed by atoms with Gasteiger partial charge in [0.2, 0.25) is 11.1 Å². The lowest BCUT2D eigenvalue weighted by atomic mass is 10.3. The highest BCUT2D eigenvalue weighted by atomic mass is 35.5. The van der Waals surface area contributed by atoms with Crippen LogP contribution in [0.15, 0.2) is 29.4 Å². The zero-order valence-electron chi connectivity index (χ0n) is 11.4. The number of thioether (sulfide) groups is 1. The van der Waals surface area contributed by atoms with E-state index >= 15 is 0 Å². The van der Waals surface area contributed by atoms with Crippen molar-refractivity contribution in [1.29, 1.82) is 0 Å². The Morgan fingerprint density at radius 3 is 2.81 bits per heavy atom. The first-order valence-corrected chi connectivity index (χ1v) is 7.73. The van der Waals surface area contributed by atoms with Crippen molar-refractivity contribution in [2.75, 3.05) is 17.3 Å². The fraction of sp³-hybridized carbons (Fsp3) is 0.308. The number of hydrogen-bond donors (Lipinski definition) is 1. The maximum Gasteiger partial charge on any atom is 0.240 e. The lowest BCUT2D eigenvalue weighted by Gasteiger charge is -2.17. The van der Waals surface area contributed by atoms with E-state index in [1.807, 2.05) is 18.2 Å². The number of nitrogens with two attached hydrogens (primary N) is 1. The number of benzene rings is 1. The van der Waals surface area contributed by atoms with Crippen LogP contribution in [0.3, 0.4) is 0 Å². The molecule has 3 rings (SSSR count). The van der Waals surface area contributed by atoms with Gasteiger partial charge in [-0.15, -0.1) is 10.2 Å². The van der Waals surface area contributed by atoms with Crippen LogP contribution in [0.5, 0.6) is 0 Å². The highest BCUT2D eigenvalue weighted by molar-refractivity contribution is 8.00. The van der Waals surface area contributed by atoms with Crippen LogP contribution in [0.2, 0.25) is 5.02 Å². The summed E-state index contributed by atoms with van der Waals surface area (Å²) in [6.07, 6.45) is 0.723. The zero-order valence-corrected chi connectivity index (χ0v) is 12.9. The monoisotopic (exact) mass is 323 g/mol. The van der Waals surface area contributed by atoms with E-state index in [0.717, 1.165) is 12.1 Å². The molecule has 6 nitrogen and oxygen atoms in total. The van der Waals surface area contributed by atoms with Gasteiger partial charge in [0.05, 0.1) is 16.0 Å². The average molecular weight is 324 g/mol. The van der Waals surface area contributed by atoms with Crippen molar-refractivity contribution in [3.05, 3.63) is 35.1 Å². The third-order valence-electron chi connectivity index (χ3n) is 3.38. The number of amides is 1. The Hall–Kier alpha value is -1.73. The van der Waals surface area contributed by atoms with Gasteiger partial charge in [-0.3, -0.25) is 4.79 Å². The quantitative estimate of drug-likeness (QED) is 0.872. The molecule has 1 aliphatic heterocycles. The zero-order chi connectivity index (χ0) is 15.0. The highest BCUT2D eigenvalue weighted by Crippen LogP contribution is 2.34. The Morgan fingerprint density at radius 2 is 2.14 bits per heavy atom. The molecular formula is C13H14ClN5OS. The van der Waals surface area contributed by atoms with E-state index in [4.69, 9.17) is 17.4 Å². The summed E-state index contributed by atoms with van der Waals surface area (Å²) in [4.78, 5) is 14.2. The van der Waals surface area contributed by atoms with Gasteiger partial charge in [-0.05, 0) is 25.5 Å². The number of para-hydroxylation sites is 1. The summed E-state index contributed by atoms with van der Waals surface area (Å²) in [6, 6.07) is 7.35. The molecule has 0 radical (unpaired) electrons. The number of carbonyl (C=O) groups excluding carboxylic acids is 1. The van der Waals surface area contributed by atoms with E-state index in [9.17, 15) is 4.79 Å². The van der Waals surface area contributed by atoms with Gasteiger partial charge in [-0.1, -0.05) is 35.5 Å². The number of carbonyl (C=O) groups is 1. The van der Waals surface area contributed by atoms with Crippen molar-refractivity contribution in [1.82, 2.24) is 14.9 Å². The van der Waals surface area contributed by atoms with Crippen LogP contribution in [0.4, 0.5) is 5.69 Å². The summed E-state index contributed by atoms with van der Waals surface area (Å²) in [6.45, 7) is 2.40. The van der Waals surface area contributed by atoms with Crippen LogP contribution in [0.25, 0.3) is 0 Å². The first-order chi connectivity index (χ1) is 10.1. The molecular weight excluding hydrogens is 310 g/mol. The number of halogens is 1. The third kappa shape index (κ3) is 2.58. The van der Waals surface area contributed by atoms with Crippen LogP contribution < -0.4 is 10.7 Å². The fourth-order valence-electron chi connectivity index (χ4n) is 2.23. The third-order valence-corrected chi connectivity index (χ3v) is 4.91. The molecule has 1 saturated heterocycles. The lowest BCUT2D eigenvalue weighted by molar-refractivity contribution is -0.116. The Kier molecular flexibility index (Phi) is 3.77. The minimum absolute atomic E-state index is 0.0220. The van der Waals surface area contributed by atoms with E-state index in [0.29, 0.717) is 22.5 Å². The second kappa shape index (κ2) is 5.57. The van der Waals surface area contributed by atoms with Crippen molar-refractivity contribution in [2.45, 2.75) is 23.8 Å². The normalized spacial score (nSPS) is 18.5. The van der Waals surface area contributed by atoms with Gasteiger partial charge < -0.3 is 10.7 Å². The van der Waals surface area contributed by atoms with Crippen molar-refractivity contribution < 1.29 is 4.79 Å². The molecule has 1 aliphatic rings. The Labute approximate surface area is 131 Å². The number of hydrogen-bond acceptors (Lipinski definition) is 5. The summed E-state index contributed by atoms with van der Waals surface area (Å²) in [7, 11) is 0. The first kappa shape index (κ1) is 14.2. The number of nitrogens with zero attached hydrogens (tertiary/aromatic N) is 4. The molecule has 1 amide bonds. The standard InChI is InChI=1S/C13H14ClN5OS/c1-8-16-17-13(19(8)15)21-11-6-7-18(12(11)20)10-5-3-2-4-9(10)14/h2-5,11H,6-7,15H2,1H3/t11-/m1/s1. The topological polar surface area (TPSA) is 77.0 Å². The average Bonchev–Trinajstić information content (AvgIpc) is 2.98. The van der Waals surface area contributed by atoms with E-state index in [-0.39, 0.29) is 11.2 Å². The van der Waals surface area contributed by atoms with E-state index in [1.54, 1.807) is 17.9 Å². The molecule has 21 heavy (non-hydrogen) atoms. The maximum atomic E-state index is 12.5. The van der Waals surface area contributed by atoms with Crippen molar-refractivity contribution in [2.24, 2.45) is 0 Å². The van der Waals surface area contributed by atoms with Crippen molar-refractivity contribution >= 4 is 35.0 Å². The van der Waals surface area contributed by atoms with E-state index in [1.165, 1.54) is 16.4 Å². The summed E-state index contributed by atoms with van der Waals surface area (Å²) >= 11 is 7.50. The Bertz CT molecular complexity index is 689. The minimum Gasteiger partial charge on any atom is -0.336 e. The molecule has 0 spiro atoms. The van der Waals surface area contributed by atoms with Crippen LogP contribution in [0.1, 0.15) is 12.2 Å². The summed E-state index contributed by atoms with van der Waals surface area (Å²) in [5, 5.41) is 8.79. The van der Waals surface area contributed by atoms with Crippen molar-refractivity contribution in [3.8, 4) is 0 Å². The van der Waals surface area contributed by atoms with E-state index < -0.39 is 0 Å². The highest BCUT2D eigenvalue weighted by Gasteiger charge is 2.35. The Balaban J connectivity index is 1.78.